The topological polar surface area (TPSA) is 143 Å². The molecule has 208 valence electrons. The zero-order valence-electron chi connectivity index (χ0n) is 21.9. The van der Waals surface area contributed by atoms with Gasteiger partial charge >= 0.3 is 0 Å². The van der Waals surface area contributed by atoms with Crippen LogP contribution >= 0.6 is 0 Å². The summed E-state index contributed by atoms with van der Waals surface area (Å²) in [5, 5.41) is 10.0. The zero-order chi connectivity index (χ0) is 27.6. The van der Waals surface area contributed by atoms with E-state index in [1.165, 1.54) is 0 Å². The van der Waals surface area contributed by atoms with Crippen LogP contribution in [0.4, 0.5) is 5.69 Å². The number of ether oxygens (including phenoxy) is 1. The van der Waals surface area contributed by atoms with E-state index in [1.54, 1.807) is 24.4 Å². The average Bonchev–Trinajstić information content (AvgIpc) is 3.72. The average molecular weight is 547 g/mol. The number of amides is 5. The lowest BCUT2D eigenvalue weighted by molar-refractivity contribution is -0.156. The maximum Gasteiger partial charge on any atom is 0.264 e. The summed E-state index contributed by atoms with van der Waals surface area (Å²) >= 11 is 0. The van der Waals surface area contributed by atoms with Crippen molar-refractivity contribution in [3.63, 3.8) is 0 Å². The molecule has 5 amide bonds. The van der Waals surface area contributed by atoms with Crippen LogP contribution < -0.4 is 10.6 Å². The van der Waals surface area contributed by atoms with Crippen molar-refractivity contribution in [2.75, 3.05) is 25.0 Å². The molecule has 2 bridgehead atoms. The molecule has 8 rings (SSSR count). The van der Waals surface area contributed by atoms with Crippen LogP contribution in [0, 0.1) is 5.92 Å². The number of hydrogen-bond acceptors (Lipinski definition) is 8. The monoisotopic (exact) mass is 546 g/mol. The number of rotatable bonds is 6. The Morgan fingerprint density at radius 1 is 1.10 bits per heavy atom. The van der Waals surface area contributed by atoms with E-state index in [2.05, 4.69) is 15.7 Å². The summed E-state index contributed by atoms with van der Waals surface area (Å²) in [5.74, 6) is -1.43. The van der Waals surface area contributed by atoms with Crippen molar-refractivity contribution in [1.82, 2.24) is 24.9 Å². The number of hydrogen-bond donors (Lipinski definition) is 2. The number of likely N-dealkylation sites (tertiary alicyclic amines) is 1. The number of benzene rings is 1. The van der Waals surface area contributed by atoms with Gasteiger partial charge in [0.05, 0.1) is 30.0 Å². The number of nitrogens with zero attached hydrogens (tertiary/aromatic N) is 4. The molecule has 1 aliphatic carbocycles. The van der Waals surface area contributed by atoms with Crippen LogP contribution in [0.5, 0.6) is 0 Å². The Bertz CT molecular complexity index is 1430. The number of carbonyl (C=O) groups is 5. The summed E-state index contributed by atoms with van der Waals surface area (Å²) in [6, 6.07) is 4.18. The fraction of sp³-hybridized carbons (Fsp3) is 0.500. The van der Waals surface area contributed by atoms with Gasteiger partial charge < -0.3 is 15.0 Å². The van der Waals surface area contributed by atoms with Gasteiger partial charge in [0, 0.05) is 43.5 Å². The van der Waals surface area contributed by atoms with Crippen molar-refractivity contribution in [2.45, 2.75) is 62.8 Å². The second-order valence-corrected chi connectivity index (χ2v) is 11.5. The summed E-state index contributed by atoms with van der Waals surface area (Å²) < 4.78 is 7.75. The first-order valence-corrected chi connectivity index (χ1v) is 13.9. The second-order valence-electron chi connectivity index (χ2n) is 11.5. The van der Waals surface area contributed by atoms with Gasteiger partial charge in [-0.05, 0) is 50.2 Å². The Labute approximate surface area is 230 Å². The van der Waals surface area contributed by atoms with E-state index < -0.39 is 35.3 Å². The van der Waals surface area contributed by atoms with E-state index in [-0.39, 0.29) is 35.9 Å². The Kier molecular flexibility index (Phi) is 5.77. The molecule has 1 atom stereocenters. The minimum atomic E-state index is -1.01. The predicted molar refractivity (Wildman–Crippen MR) is 139 cm³/mol. The molecule has 12 nitrogen and oxygen atoms in total. The fourth-order valence-corrected chi connectivity index (χ4v) is 6.77. The Morgan fingerprint density at radius 3 is 2.62 bits per heavy atom. The van der Waals surface area contributed by atoms with Crippen molar-refractivity contribution in [1.29, 1.82) is 0 Å². The van der Waals surface area contributed by atoms with Gasteiger partial charge in [0.15, 0.2) is 0 Å². The predicted octanol–water partition coefficient (Wildman–Crippen LogP) is 1.24. The highest BCUT2D eigenvalue weighted by atomic mass is 16.5. The third-order valence-corrected chi connectivity index (χ3v) is 8.95. The minimum Gasteiger partial charge on any atom is -0.380 e. The number of fused-ring (bicyclic) bond motifs is 2. The first-order chi connectivity index (χ1) is 19.3. The standard InChI is InChI=1S/C28H30N6O6/c35-22-5-4-21(24(36)31-22)34-25(37)19-2-1-3-20(23(19)26(34)38)29-12-17-13-30-33(14-17)18-6-8-32(9-7-18)27(39)28-10-16(11-28)15-40-28/h1-3,13-14,16,18,21,29H,4-12,15H2,(H,31,35,36). The molecule has 1 unspecified atom stereocenters. The van der Waals surface area contributed by atoms with Crippen LogP contribution in [-0.4, -0.2) is 80.5 Å². The van der Waals surface area contributed by atoms with Gasteiger partial charge in [-0.25, -0.2) is 0 Å². The molecule has 1 aromatic carbocycles. The summed E-state index contributed by atoms with van der Waals surface area (Å²) in [5.41, 5.74) is 1.32. The van der Waals surface area contributed by atoms with E-state index in [1.807, 2.05) is 15.8 Å². The third-order valence-electron chi connectivity index (χ3n) is 8.95. The molecule has 0 radical (unpaired) electrons. The van der Waals surface area contributed by atoms with Crippen LogP contribution in [0.15, 0.2) is 30.6 Å². The van der Waals surface area contributed by atoms with Crippen molar-refractivity contribution in [3.8, 4) is 0 Å². The van der Waals surface area contributed by atoms with Gasteiger partial charge in [-0.15, -0.1) is 0 Å². The SMILES string of the molecule is O=C1CCC(N2C(=O)c3cccc(NCc4cnn(C5CCN(C(=O)C67CC(CO6)C7)CC5)c4)c3C2=O)C(=O)N1. The molecular formula is C28H30N6O6. The first-order valence-electron chi connectivity index (χ1n) is 13.9. The number of carbonyl (C=O) groups excluding carboxylic acids is 5. The molecule has 2 aromatic rings. The lowest BCUT2D eigenvalue weighted by Gasteiger charge is -2.41. The normalized spacial score (nSPS) is 28.0. The minimum absolute atomic E-state index is 0.0733. The number of nitrogens with one attached hydrogen (secondary N) is 2. The van der Waals surface area contributed by atoms with E-state index >= 15 is 0 Å². The molecule has 6 heterocycles. The van der Waals surface area contributed by atoms with Crippen LogP contribution in [0.2, 0.25) is 0 Å². The molecule has 4 saturated heterocycles. The van der Waals surface area contributed by atoms with Gasteiger partial charge in [0.2, 0.25) is 11.8 Å². The van der Waals surface area contributed by atoms with Gasteiger partial charge in [-0.3, -0.25) is 38.9 Å². The van der Waals surface area contributed by atoms with Crippen LogP contribution in [-0.2, 0) is 25.7 Å². The molecule has 5 aliphatic heterocycles. The molecule has 5 fully saturated rings. The number of aromatic nitrogens is 2. The van der Waals surface area contributed by atoms with Crippen LogP contribution in [0.25, 0.3) is 0 Å². The molecule has 12 heteroatoms. The second kappa shape index (κ2) is 9.26. The summed E-state index contributed by atoms with van der Waals surface area (Å²) in [6.07, 6.45) is 7.29. The first kappa shape index (κ1) is 24.9. The lowest BCUT2D eigenvalue weighted by atomic mass is 9.73. The number of piperidine rings is 2. The summed E-state index contributed by atoms with van der Waals surface area (Å²) in [6.45, 7) is 2.46. The highest BCUT2D eigenvalue weighted by Gasteiger charge is 2.58. The highest BCUT2D eigenvalue weighted by molar-refractivity contribution is 6.25. The highest BCUT2D eigenvalue weighted by Crippen LogP contribution is 2.49. The Balaban J connectivity index is 0.986. The number of anilines is 1. The molecule has 0 spiro atoms. The van der Waals surface area contributed by atoms with Crippen LogP contribution in [0.3, 0.4) is 0 Å². The van der Waals surface area contributed by atoms with Gasteiger partial charge in [-0.1, -0.05) is 6.07 Å². The summed E-state index contributed by atoms with van der Waals surface area (Å²) in [4.78, 5) is 66.2. The molecule has 40 heavy (non-hydrogen) atoms. The van der Waals surface area contributed by atoms with Crippen molar-refractivity contribution >= 4 is 35.2 Å². The van der Waals surface area contributed by atoms with Gasteiger partial charge in [0.1, 0.15) is 11.6 Å². The van der Waals surface area contributed by atoms with Crippen molar-refractivity contribution < 1.29 is 28.7 Å². The lowest BCUT2D eigenvalue weighted by Crippen LogP contribution is -2.54. The molecule has 2 N–H and O–H groups in total. The van der Waals surface area contributed by atoms with Crippen LogP contribution in [0.1, 0.15) is 70.8 Å². The smallest absolute Gasteiger partial charge is 0.264 e. The van der Waals surface area contributed by atoms with Crippen molar-refractivity contribution in [2.24, 2.45) is 5.92 Å². The van der Waals surface area contributed by atoms with E-state index in [0.717, 1.165) is 36.1 Å². The van der Waals surface area contributed by atoms with Gasteiger partial charge in [0.25, 0.3) is 17.7 Å². The molecule has 6 aliphatic rings. The van der Waals surface area contributed by atoms with Crippen molar-refractivity contribution in [3.05, 3.63) is 47.3 Å². The summed E-state index contributed by atoms with van der Waals surface area (Å²) in [7, 11) is 0. The maximum absolute atomic E-state index is 13.3. The molecular weight excluding hydrogens is 516 g/mol. The largest absolute Gasteiger partial charge is 0.380 e. The van der Waals surface area contributed by atoms with E-state index in [4.69, 9.17) is 4.74 Å². The quantitative estimate of drug-likeness (QED) is 0.516. The van der Waals surface area contributed by atoms with Gasteiger partial charge in [-0.2, -0.15) is 5.10 Å². The third kappa shape index (κ3) is 3.92. The fourth-order valence-electron chi connectivity index (χ4n) is 6.77. The van der Waals surface area contributed by atoms with E-state index in [0.29, 0.717) is 37.8 Å². The number of imide groups is 2. The van der Waals surface area contributed by atoms with E-state index in [9.17, 15) is 24.0 Å². The maximum atomic E-state index is 13.3. The Hall–Kier alpha value is -4.06. The molecule has 1 aromatic heterocycles. The molecule has 1 saturated carbocycles. The zero-order valence-corrected chi connectivity index (χ0v) is 21.9. The Morgan fingerprint density at radius 2 is 1.90 bits per heavy atom.